The van der Waals surface area contributed by atoms with Crippen LogP contribution in [-0.4, -0.2) is 87.3 Å². The Bertz CT molecular complexity index is 1040. The molecule has 2 aliphatic rings. The van der Waals surface area contributed by atoms with Crippen molar-refractivity contribution in [2.75, 3.05) is 59.7 Å². The third-order valence-corrected chi connectivity index (χ3v) is 6.82. The topological polar surface area (TPSA) is 80.3 Å². The fraction of sp³-hybridized carbons (Fsp3) is 0.500. The van der Waals surface area contributed by atoms with Crippen LogP contribution in [0.4, 0.5) is 0 Å². The zero-order valence-corrected chi connectivity index (χ0v) is 21.5. The summed E-state index contributed by atoms with van der Waals surface area (Å²) < 4.78 is 16.9. The minimum Gasteiger partial charge on any atom is -0.490 e. The quantitative estimate of drug-likeness (QED) is 0.606. The lowest BCUT2D eigenvalue weighted by atomic mass is 9.85. The molecule has 0 unspecified atom stereocenters. The van der Waals surface area contributed by atoms with Crippen molar-refractivity contribution >= 4 is 11.8 Å². The van der Waals surface area contributed by atoms with Gasteiger partial charge in [0.25, 0.3) is 11.8 Å². The molecule has 0 spiro atoms. The number of piperidine rings is 1. The maximum atomic E-state index is 13.2. The van der Waals surface area contributed by atoms with Crippen LogP contribution < -0.4 is 14.8 Å². The molecule has 2 aromatic rings. The van der Waals surface area contributed by atoms with Crippen LogP contribution in [0.3, 0.4) is 0 Å². The molecule has 36 heavy (non-hydrogen) atoms. The summed E-state index contributed by atoms with van der Waals surface area (Å²) in [5, 5.41) is 3.26. The van der Waals surface area contributed by atoms with Crippen molar-refractivity contribution in [3.8, 4) is 11.5 Å². The monoisotopic (exact) mass is 495 g/mol. The van der Waals surface area contributed by atoms with Crippen molar-refractivity contribution < 1.29 is 23.8 Å². The highest BCUT2D eigenvalue weighted by Crippen LogP contribution is 2.34. The summed E-state index contributed by atoms with van der Waals surface area (Å²) in [5.74, 6) is 1.43. The lowest BCUT2D eigenvalue weighted by Gasteiger charge is -2.37. The predicted octanol–water partition coefficient (Wildman–Crippen LogP) is 3.17. The van der Waals surface area contributed by atoms with Crippen LogP contribution in [-0.2, 0) is 4.74 Å². The smallest absolute Gasteiger partial charge is 0.254 e. The predicted molar refractivity (Wildman–Crippen MR) is 138 cm³/mol. The number of carbonyl (C=O) groups is 2. The summed E-state index contributed by atoms with van der Waals surface area (Å²) in [6.45, 7) is 9.08. The molecule has 2 amide bonds. The first-order chi connectivity index (χ1) is 17.5. The largest absolute Gasteiger partial charge is 0.490 e. The molecule has 8 nitrogen and oxygen atoms in total. The molecular weight excluding hydrogens is 458 g/mol. The van der Waals surface area contributed by atoms with Gasteiger partial charge in [-0.2, -0.15) is 0 Å². The fourth-order valence-electron chi connectivity index (χ4n) is 4.89. The van der Waals surface area contributed by atoms with E-state index in [9.17, 15) is 9.59 Å². The standard InChI is InChI=1S/C28H37N3O5/c1-4-35-25-11-10-22(18-26(25)36-5-2)23-19-30(3)13-12-24(23)29-27(32)20-6-8-21(9-7-20)28(33)31-14-16-34-17-15-31/h6-11,18,23-24H,4-5,12-17,19H2,1-3H3,(H,29,32)/t23-,24-/m0/s1. The zero-order chi connectivity index (χ0) is 25.5. The van der Waals surface area contributed by atoms with Crippen molar-refractivity contribution in [2.24, 2.45) is 0 Å². The second-order valence-corrected chi connectivity index (χ2v) is 9.29. The van der Waals surface area contributed by atoms with Gasteiger partial charge in [0.2, 0.25) is 0 Å². The number of carbonyl (C=O) groups excluding carboxylic acids is 2. The van der Waals surface area contributed by atoms with Crippen LogP contribution in [0.5, 0.6) is 11.5 Å². The first kappa shape index (κ1) is 26.0. The summed E-state index contributed by atoms with van der Waals surface area (Å²) >= 11 is 0. The summed E-state index contributed by atoms with van der Waals surface area (Å²) in [6, 6.07) is 13.0. The number of amides is 2. The molecule has 0 radical (unpaired) electrons. The molecule has 194 valence electrons. The van der Waals surface area contributed by atoms with Crippen LogP contribution in [0, 0.1) is 0 Å². The Morgan fingerprint density at radius 2 is 1.61 bits per heavy atom. The number of hydrogen-bond donors (Lipinski definition) is 1. The molecular formula is C28H37N3O5. The molecule has 2 aliphatic heterocycles. The Morgan fingerprint density at radius 1 is 0.944 bits per heavy atom. The van der Waals surface area contributed by atoms with Crippen LogP contribution in [0.1, 0.15) is 52.5 Å². The molecule has 1 N–H and O–H groups in total. The van der Waals surface area contributed by atoms with Crippen LogP contribution in [0.25, 0.3) is 0 Å². The third-order valence-electron chi connectivity index (χ3n) is 6.82. The Balaban J connectivity index is 1.47. The van der Waals surface area contributed by atoms with E-state index in [1.807, 2.05) is 26.0 Å². The van der Waals surface area contributed by atoms with Gasteiger partial charge in [-0.25, -0.2) is 0 Å². The van der Waals surface area contributed by atoms with Crippen molar-refractivity contribution in [3.05, 3.63) is 59.2 Å². The van der Waals surface area contributed by atoms with E-state index in [0.717, 1.165) is 36.6 Å². The Hall–Kier alpha value is -3.10. The second kappa shape index (κ2) is 12.2. The minimum atomic E-state index is -0.129. The molecule has 2 fully saturated rings. The van der Waals surface area contributed by atoms with Gasteiger partial charge in [0.15, 0.2) is 11.5 Å². The van der Waals surface area contributed by atoms with E-state index >= 15 is 0 Å². The fourth-order valence-corrected chi connectivity index (χ4v) is 4.89. The second-order valence-electron chi connectivity index (χ2n) is 9.29. The van der Waals surface area contributed by atoms with Gasteiger partial charge in [-0.05, 0) is 75.8 Å². The summed E-state index contributed by atoms with van der Waals surface area (Å²) in [5.41, 5.74) is 2.25. The Labute approximate surface area is 213 Å². The van der Waals surface area contributed by atoms with E-state index in [0.29, 0.717) is 50.6 Å². The number of morpholine rings is 1. The number of hydrogen-bond acceptors (Lipinski definition) is 6. The van der Waals surface area contributed by atoms with Crippen LogP contribution in [0.15, 0.2) is 42.5 Å². The number of nitrogens with zero attached hydrogens (tertiary/aromatic N) is 2. The van der Waals surface area contributed by atoms with E-state index in [-0.39, 0.29) is 23.8 Å². The first-order valence-corrected chi connectivity index (χ1v) is 12.9. The average Bonchev–Trinajstić information content (AvgIpc) is 2.91. The van der Waals surface area contributed by atoms with Crippen molar-refractivity contribution in [2.45, 2.75) is 32.2 Å². The molecule has 0 aliphatic carbocycles. The third kappa shape index (κ3) is 6.17. The maximum Gasteiger partial charge on any atom is 0.254 e. The number of likely N-dealkylation sites (tertiary alicyclic amines) is 1. The number of likely N-dealkylation sites (N-methyl/N-ethyl adjacent to an activating group) is 1. The average molecular weight is 496 g/mol. The SMILES string of the molecule is CCOc1ccc([C@@H]2CN(C)CC[C@@H]2NC(=O)c2ccc(C(=O)N3CCOCC3)cc2)cc1OCC. The minimum absolute atomic E-state index is 0.0178. The summed E-state index contributed by atoms with van der Waals surface area (Å²) in [7, 11) is 2.10. The lowest BCUT2D eigenvalue weighted by molar-refractivity contribution is 0.0303. The van der Waals surface area contributed by atoms with E-state index < -0.39 is 0 Å². The van der Waals surface area contributed by atoms with Crippen LogP contribution in [0.2, 0.25) is 0 Å². The van der Waals surface area contributed by atoms with Crippen molar-refractivity contribution in [1.29, 1.82) is 0 Å². The van der Waals surface area contributed by atoms with Gasteiger partial charge < -0.3 is 29.3 Å². The Morgan fingerprint density at radius 3 is 2.31 bits per heavy atom. The van der Waals surface area contributed by atoms with Gasteiger partial charge in [0, 0.05) is 42.7 Å². The molecule has 0 saturated carbocycles. The highest BCUT2D eigenvalue weighted by molar-refractivity contribution is 5.98. The van der Waals surface area contributed by atoms with E-state index in [1.54, 1.807) is 29.2 Å². The zero-order valence-electron chi connectivity index (χ0n) is 21.5. The lowest BCUT2D eigenvalue weighted by Crippen LogP contribution is -2.48. The maximum absolute atomic E-state index is 13.2. The van der Waals surface area contributed by atoms with E-state index in [4.69, 9.17) is 14.2 Å². The van der Waals surface area contributed by atoms with Gasteiger partial charge in [-0.3, -0.25) is 9.59 Å². The number of rotatable bonds is 8. The molecule has 8 heteroatoms. The van der Waals surface area contributed by atoms with E-state index in [1.165, 1.54) is 0 Å². The van der Waals surface area contributed by atoms with Gasteiger partial charge >= 0.3 is 0 Å². The number of nitrogens with one attached hydrogen (secondary N) is 1. The van der Waals surface area contributed by atoms with Gasteiger partial charge in [0.05, 0.1) is 26.4 Å². The van der Waals surface area contributed by atoms with Crippen molar-refractivity contribution in [3.63, 3.8) is 0 Å². The molecule has 0 bridgehead atoms. The molecule has 2 atom stereocenters. The summed E-state index contributed by atoms with van der Waals surface area (Å²) in [6.07, 6.45) is 0.845. The first-order valence-electron chi connectivity index (χ1n) is 12.9. The normalized spacial score (nSPS) is 20.6. The molecule has 2 heterocycles. The number of ether oxygens (including phenoxy) is 3. The van der Waals surface area contributed by atoms with E-state index in [2.05, 4.69) is 23.3 Å². The summed E-state index contributed by atoms with van der Waals surface area (Å²) in [4.78, 5) is 30.0. The number of benzene rings is 2. The molecule has 2 aromatic carbocycles. The highest BCUT2D eigenvalue weighted by atomic mass is 16.5. The van der Waals surface area contributed by atoms with Crippen LogP contribution >= 0.6 is 0 Å². The highest BCUT2D eigenvalue weighted by Gasteiger charge is 2.31. The van der Waals surface area contributed by atoms with Gasteiger partial charge in [-0.1, -0.05) is 6.07 Å². The molecule has 0 aromatic heterocycles. The molecule has 2 saturated heterocycles. The molecule has 4 rings (SSSR count). The van der Waals surface area contributed by atoms with Gasteiger partial charge in [0.1, 0.15) is 0 Å². The Kier molecular flexibility index (Phi) is 8.83. The van der Waals surface area contributed by atoms with Crippen molar-refractivity contribution in [1.82, 2.24) is 15.1 Å². The van der Waals surface area contributed by atoms with Gasteiger partial charge in [-0.15, -0.1) is 0 Å².